The lowest BCUT2D eigenvalue weighted by molar-refractivity contribution is 0.0939. The van der Waals surface area contributed by atoms with E-state index in [9.17, 15) is 9.59 Å². The third kappa shape index (κ3) is 5.94. The fourth-order valence-electron chi connectivity index (χ4n) is 2.94. The highest BCUT2D eigenvalue weighted by atomic mass is 16.5. The third-order valence-electron chi connectivity index (χ3n) is 5.26. The zero-order valence-corrected chi connectivity index (χ0v) is 18.9. The Hall–Kier alpha value is -3.68. The summed E-state index contributed by atoms with van der Waals surface area (Å²) >= 11 is 0. The normalized spacial score (nSPS) is 11.6. The van der Waals surface area contributed by atoms with Gasteiger partial charge in [0.2, 0.25) is 0 Å². The molecule has 0 aliphatic heterocycles. The van der Waals surface area contributed by atoms with Crippen LogP contribution in [0, 0.1) is 6.92 Å². The van der Waals surface area contributed by atoms with Gasteiger partial charge in [-0.3, -0.25) is 4.79 Å². The van der Waals surface area contributed by atoms with E-state index in [1.54, 1.807) is 36.2 Å². The fraction of sp³-hybridized carbons (Fsp3) is 0.333. The first kappa shape index (κ1) is 23.0. The summed E-state index contributed by atoms with van der Waals surface area (Å²) in [6, 6.07) is 14.6. The van der Waals surface area contributed by atoms with E-state index in [1.165, 1.54) is 0 Å². The molecule has 2 N–H and O–H groups in total. The molecular weight excluding hydrogens is 406 g/mol. The maximum Gasteiger partial charge on any atom is 0.321 e. The van der Waals surface area contributed by atoms with Crippen molar-refractivity contribution in [1.82, 2.24) is 20.4 Å². The third-order valence-corrected chi connectivity index (χ3v) is 5.26. The molecule has 2 aromatic carbocycles. The molecule has 0 bridgehead atoms. The predicted octanol–water partition coefficient (Wildman–Crippen LogP) is 4.28. The number of aromatic nitrogens is 2. The smallest absolute Gasteiger partial charge is 0.321 e. The van der Waals surface area contributed by atoms with Crippen LogP contribution in [0.3, 0.4) is 0 Å². The van der Waals surface area contributed by atoms with Crippen LogP contribution in [-0.2, 0) is 6.42 Å². The summed E-state index contributed by atoms with van der Waals surface area (Å²) in [5, 5.41) is 9.84. The first-order valence-electron chi connectivity index (χ1n) is 10.7. The molecule has 1 heterocycles. The van der Waals surface area contributed by atoms with E-state index in [-0.39, 0.29) is 18.0 Å². The maximum absolute atomic E-state index is 12.4. The van der Waals surface area contributed by atoms with E-state index < -0.39 is 0 Å². The molecule has 0 radical (unpaired) electrons. The number of carbonyl (C=O) groups excluding carboxylic acids is 2. The standard InChI is InChI=1S/C24H29N5O3/c1-5-17(3)25-22(30)18-10-12-19(13-11-18)23-27-21(28-32-23)14-15-29(4)24(31)26-20-9-7-6-8-16(20)2/h6-13,17H,5,14-15H2,1-4H3,(H,25,30)(H,26,31)/t17-/m1/s1. The number of amides is 3. The van der Waals surface area contributed by atoms with Crippen molar-refractivity contribution in [3.63, 3.8) is 0 Å². The Bertz CT molecular complexity index is 1060. The number of hydrogen-bond acceptors (Lipinski definition) is 5. The first-order valence-corrected chi connectivity index (χ1v) is 10.7. The molecule has 0 aliphatic rings. The Labute approximate surface area is 188 Å². The van der Waals surface area contributed by atoms with Crippen molar-refractivity contribution in [2.45, 2.75) is 39.7 Å². The van der Waals surface area contributed by atoms with Crippen LogP contribution in [0.25, 0.3) is 11.5 Å². The Balaban J connectivity index is 1.55. The number of hydrogen-bond donors (Lipinski definition) is 2. The van der Waals surface area contributed by atoms with Gasteiger partial charge >= 0.3 is 6.03 Å². The van der Waals surface area contributed by atoms with Crippen molar-refractivity contribution in [2.75, 3.05) is 18.9 Å². The molecule has 3 aromatic rings. The molecule has 1 aromatic heterocycles. The summed E-state index contributed by atoms with van der Waals surface area (Å²) in [7, 11) is 1.72. The zero-order chi connectivity index (χ0) is 23.1. The quantitative estimate of drug-likeness (QED) is 0.550. The van der Waals surface area contributed by atoms with Crippen LogP contribution in [0.5, 0.6) is 0 Å². The number of anilines is 1. The Morgan fingerprint density at radius 2 is 1.84 bits per heavy atom. The van der Waals surface area contributed by atoms with E-state index in [2.05, 4.69) is 20.8 Å². The molecule has 3 rings (SSSR count). The van der Waals surface area contributed by atoms with Crippen LogP contribution in [0.2, 0.25) is 0 Å². The van der Waals surface area contributed by atoms with Gasteiger partial charge in [-0.1, -0.05) is 30.3 Å². The van der Waals surface area contributed by atoms with Gasteiger partial charge in [0.25, 0.3) is 11.8 Å². The van der Waals surface area contributed by atoms with Crippen LogP contribution in [0.1, 0.15) is 42.0 Å². The largest absolute Gasteiger partial charge is 0.350 e. The number of urea groups is 1. The highest BCUT2D eigenvalue weighted by molar-refractivity contribution is 5.94. The van der Waals surface area contributed by atoms with Crippen LogP contribution >= 0.6 is 0 Å². The molecule has 1 atom stereocenters. The lowest BCUT2D eigenvalue weighted by Crippen LogP contribution is -2.33. The Morgan fingerprint density at radius 1 is 1.12 bits per heavy atom. The summed E-state index contributed by atoms with van der Waals surface area (Å²) in [5.41, 5.74) is 3.09. The van der Waals surface area contributed by atoms with Gasteiger partial charge in [-0.05, 0) is 56.2 Å². The van der Waals surface area contributed by atoms with Crippen molar-refractivity contribution in [1.29, 1.82) is 0 Å². The molecule has 0 aliphatic carbocycles. The molecule has 0 spiro atoms. The van der Waals surface area contributed by atoms with Gasteiger partial charge < -0.3 is 20.1 Å². The second-order valence-corrected chi connectivity index (χ2v) is 7.79. The minimum atomic E-state index is -0.200. The highest BCUT2D eigenvalue weighted by Crippen LogP contribution is 2.18. The minimum Gasteiger partial charge on any atom is -0.350 e. The number of nitrogens with one attached hydrogen (secondary N) is 2. The van der Waals surface area contributed by atoms with E-state index in [0.717, 1.165) is 23.2 Å². The summed E-state index contributed by atoms with van der Waals surface area (Å²) < 4.78 is 5.36. The molecule has 8 nitrogen and oxygen atoms in total. The topological polar surface area (TPSA) is 100 Å². The van der Waals surface area contributed by atoms with Gasteiger partial charge in [0.15, 0.2) is 5.82 Å². The lowest BCUT2D eigenvalue weighted by Gasteiger charge is -2.18. The number of para-hydroxylation sites is 1. The van der Waals surface area contributed by atoms with E-state index >= 15 is 0 Å². The Morgan fingerprint density at radius 3 is 2.53 bits per heavy atom. The number of carbonyl (C=O) groups is 2. The van der Waals surface area contributed by atoms with Gasteiger partial charge in [-0.25, -0.2) is 4.79 Å². The number of likely N-dealkylation sites (N-methyl/N-ethyl adjacent to an activating group) is 1. The number of rotatable bonds is 8. The second kappa shape index (κ2) is 10.6. The van der Waals surface area contributed by atoms with Gasteiger partial charge in [-0.2, -0.15) is 4.98 Å². The van der Waals surface area contributed by atoms with E-state index in [0.29, 0.717) is 30.2 Å². The summed E-state index contributed by atoms with van der Waals surface area (Å²) in [6.45, 7) is 6.37. The second-order valence-electron chi connectivity index (χ2n) is 7.79. The molecule has 0 saturated heterocycles. The van der Waals surface area contributed by atoms with Gasteiger partial charge in [-0.15, -0.1) is 0 Å². The molecule has 8 heteroatoms. The van der Waals surface area contributed by atoms with Crippen molar-refractivity contribution in [3.8, 4) is 11.5 Å². The average molecular weight is 436 g/mol. The number of nitrogens with zero attached hydrogens (tertiary/aromatic N) is 3. The Kier molecular flexibility index (Phi) is 7.59. The van der Waals surface area contributed by atoms with E-state index in [4.69, 9.17) is 4.52 Å². The highest BCUT2D eigenvalue weighted by Gasteiger charge is 2.14. The van der Waals surface area contributed by atoms with Gasteiger partial charge in [0, 0.05) is 42.9 Å². The van der Waals surface area contributed by atoms with Gasteiger partial charge in [0.05, 0.1) is 0 Å². The molecule has 0 fully saturated rings. The molecule has 168 valence electrons. The summed E-state index contributed by atoms with van der Waals surface area (Å²) in [4.78, 5) is 30.6. The van der Waals surface area contributed by atoms with Crippen molar-refractivity contribution in [2.24, 2.45) is 0 Å². The van der Waals surface area contributed by atoms with Gasteiger partial charge in [0.1, 0.15) is 0 Å². The predicted molar refractivity (Wildman–Crippen MR) is 123 cm³/mol. The summed E-state index contributed by atoms with van der Waals surface area (Å²) in [5.74, 6) is 0.777. The van der Waals surface area contributed by atoms with Crippen LogP contribution in [0.15, 0.2) is 53.1 Å². The monoisotopic (exact) mass is 435 g/mol. The van der Waals surface area contributed by atoms with Crippen LogP contribution in [0.4, 0.5) is 10.5 Å². The SMILES string of the molecule is CC[C@@H](C)NC(=O)c1ccc(-c2nc(CCN(C)C(=O)Nc3ccccc3C)no2)cc1. The summed E-state index contributed by atoms with van der Waals surface area (Å²) in [6.07, 6.45) is 1.33. The maximum atomic E-state index is 12.4. The minimum absolute atomic E-state index is 0.107. The molecule has 0 unspecified atom stereocenters. The number of benzene rings is 2. The van der Waals surface area contributed by atoms with Crippen LogP contribution < -0.4 is 10.6 Å². The number of aryl methyl sites for hydroxylation is 1. The molecule has 32 heavy (non-hydrogen) atoms. The van der Waals surface area contributed by atoms with E-state index in [1.807, 2.05) is 45.0 Å². The zero-order valence-electron chi connectivity index (χ0n) is 18.9. The molecular formula is C24H29N5O3. The average Bonchev–Trinajstić information content (AvgIpc) is 3.28. The van der Waals surface area contributed by atoms with Crippen LogP contribution in [-0.4, -0.2) is 46.6 Å². The van der Waals surface area contributed by atoms with Crippen molar-refractivity contribution in [3.05, 3.63) is 65.5 Å². The van der Waals surface area contributed by atoms with Crippen molar-refractivity contribution >= 4 is 17.6 Å². The first-order chi connectivity index (χ1) is 15.4. The van der Waals surface area contributed by atoms with Crippen molar-refractivity contribution < 1.29 is 14.1 Å². The molecule has 0 saturated carbocycles. The lowest BCUT2D eigenvalue weighted by atomic mass is 10.1. The fourth-order valence-corrected chi connectivity index (χ4v) is 2.94. The molecule has 3 amide bonds.